The van der Waals surface area contributed by atoms with Crippen molar-refractivity contribution >= 4 is 23.5 Å². The van der Waals surface area contributed by atoms with Gasteiger partial charge in [-0.1, -0.05) is 6.92 Å². The van der Waals surface area contributed by atoms with E-state index >= 15 is 0 Å². The van der Waals surface area contributed by atoms with Crippen LogP contribution in [0.4, 0.5) is 11.9 Å². The minimum Gasteiger partial charge on any atom is -0.381 e. The highest BCUT2D eigenvalue weighted by Gasteiger charge is 2.03. The average Bonchev–Trinajstić information content (AvgIpc) is 2.33. The Labute approximate surface area is 113 Å². The first-order chi connectivity index (χ1) is 8.76. The largest absolute Gasteiger partial charge is 0.381 e. The molecule has 7 heteroatoms. The predicted molar refractivity (Wildman–Crippen MR) is 73.2 cm³/mol. The summed E-state index contributed by atoms with van der Waals surface area (Å²) < 4.78 is 5.38. The van der Waals surface area contributed by atoms with E-state index in [9.17, 15) is 0 Å². The number of hydrogen-bond donors (Lipinski definition) is 2. The standard InChI is InChI=1S/C11H20ClN5O/c1-3-7-18-8-5-6-14-11-16-9(12)15-10(17-11)13-4-2/h3-8H2,1-2H3,(H2,13,14,15,16,17). The molecule has 0 fully saturated rings. The van der Waals surface area contributed by atoms with E-state index in [0.717, 1.165) is 39.1 Å². The molecule has 0 aliphatic heterocycles. The molecule has 0 saturated carbocycles. The van der Waals surface area contributed by atoms with Crippen molar-refractivity contribution in [1.82, 2.24) is 15.0 Å². The van der Waals surface area contributed by atoms with Gasteiger partial charge in [0.25, 0.3) is 0 Å². The lowest BCUT2D eigenvalue weighted by atomic mass is 10.4. The Morgan fingerprint density at radius 3 is 2.44 bits per heavy atom. The zero-order chi connectivity index (χ0) is 13.2. The summed E-state index contributed by atoms with van der Waals surface area (Å²) in [6, 6.07) is 0. The van der Waals surface area contributed by atoms with Crippen molar-refractivity contribution in [2.24, 2.45) is 0 Å². The average molecular weight is 274 g/mol. The fraction of sp³-hybridized carbons (Fsp3) is 0.727. The number of nitrogens with zero attached hydrogens (tertiary/aromatic N) is 3. The molecule has 6 nitrogen and oxygen atoms in total. The third kappa shape index (κ3) is 5.97. The maximum Gasteiger partial charge on any atom is 0.228 e. The number of halogens is 1. The number of hydrogen-bond acceptors (Lipinski definition) is 6. The first-order valence-electron chi connectivity index (χ1n) is 6.23. The van der Waals surface area contributed by atoms with E-state index in [1.54, 1.807) is 0 Å². The molecule has 18 heavy (non-hydrogen) atoms. The monoisotopic (exact) mass is 273 g/mol. The summed E-state index contributed by atoms with van der Waals surface area (Å²) in [5.74, 6) is 0.976. The quantitative estimate of drug-likeness (QED) is 0.672. The molecule has 0 unspecified atom stereocenters. The van der Waals surface area contributed by atoms with Crippen molar-refractivity contribution in [1.29, 1.82) is 0 Å². The second-order valence-corrected chi connectivity index (χ2v) is 4.01. The molecular formula is C11H20ClN5O. The number of ether oxygens (including phenoxy) is 1. The van der Waals surface area contributed by atoms with Gasteiger partial charge in [0.2, 0.25) is 17.2 Å². The number of aromatic nitrogens is 3. The first kappa shape index (κ1) is 14.9. The van der Waals surface area contributed by atoms with Crippen LogP contribution in [0.3, 0.4) is 0 Å². The van der Waals surface area contributed by atoms with Crippen LogP contribution in [-0.2, 0) is 4.74 Å². The molecule has 0 saturated heterocycles. The number of rotatable bonds is 9. The minimum absolute atomic E-state index is 0.186. The van der Waals surface area contributed by atoms with Crippen LogP contribution >= 0.6 is 11.6 Å². The summed E-state index contributed by atoms with van der Waals surface area (Å²) in [6.45, 7) is 7.09. The van der Waals surface area contributed by atoms with E-state index < -0.39 is 0 Å². The summed E-state index contributed by atoms with van der Waals surface area (Å²) in [5.41, 5.74) is 0. The minimum atomic E-state index is 0.186. The van der Waals surface area contributed by atoms with Crippen molar-refractivity contribution in [3.05, 3.63) is 5.28 Å². The summed E-state index contributed by atoms with van der Waals surface area (Å²) >= 11 is 5.80. The van der Waals surface area contributed by atoms with Crippen LogP contribution < -0.4 is 10.6 Å². The van der Waals surface area contributed by atoms with Crippen LogP contribution in [0.5, 0.6) is 0 Å². The normalized spacial score (nSPS) is 10.4. The molecule has 1 heterocycles. The van der Waals surface area contributed by atoms with Crippen LogP contribution in [0.15, 0.2) is 0 Å². The Kier molecular flexibility index (Phi) is 7.36. The van der Waals surface area contributed by atoms with E-state index in [1.807, 2.05) is 6.92 Å². The van der Waals surface area contributed by atoms with E-state index in [2.05, 4.69) is 32.5 Å². The smallest absolute Gasteiger partial charge is 0.228 e. The summed E-state index contributed by atoms with van der Waals surface area (Å²) in [6.07, 6.45) is 1.95. The van der Waals surface area contributed by atoms with E-state index in [0.29, 0.717) is 11.9 Å². The molecule has 2 N–H and O–H groups in total. The Bertz CT molecular complexity index is 350. The Hall–Kier alpha value is -1.14. The van der Waals surface area contributed by atoms with Gasteiger partial charge < -0.3 is 15.4 Å². The molecule has 0 atom stereocenters. The van der Waals surface area contributed by atoms with E-state index in [4.69, 9.17) is 16.3 Å². The van der Waals surface area contributed by atoms with Gasteiger partial charge in [-0.15, -0.1) is 0 Å². The topological polar surface area (TPSA) is 72.0 Å². The SMILES string of the molecule is CCCOCCCNc1nc(Cl)nc(NCC)n1. The third-order valence-corrected chi connectivity index (χ3v) is 2.21. The van der Waals surface area contributed by atoms with Crippen molar-refractivity contribution in [2.45, 2.75) is 26.7 Å². The molecule has 0 bridgehead atoms. The molecule has 102 valence electrons. The third-order valence-electron chi connectivity index (χ3n) is 2.04. The number of anilines is 2. The van der Waals surface area contributed by atoms with Crippen LogP contribution in [0, 0.1) is 0 Å². The Morgan fingerprint density at radius 1 is 1.06 bits per heavy atom. The second kappa shape index (κ2) is 8.88. The lowest BCUT2D eigenvalue weighted by molar-refractivity contribution is 0.134. The van der Waals surface area contributed by atoms with Gasteiger partial charge in [-0.05, 0) is 31.4 Å². The van der Waals surface area contributed by atoms with Gasteiger partial charge in [0.15, 0.2) is 0 Å². The van der Waals surface area contributed by atoms with Crippen molar-refractivity contribution in [2.75, 3.05) is 36.9 Å². The summed E-state index contributed by atoms with van der Waals surface area (Å²) in [5, 5.41) is 6.28. The van der Waals surface area contributed by atoms with Crippen molar-refractivity contribution in [3.8, 4) is 0 Å². The van der Waals surface area contributed by atoms with Gasteiger partial charge in [0, 0.05) is 26.3 Å². The van der Waals surface area contributed by atoms with E-state index in [1.165, 1.54) is 0 Å². The lowest BCUT2D eigenvalue weighted by Gasteiger charge is -2.07. The highest BCUT2D eigenvalue weighted by Crippen LogP contribution is 2.09. The highest BCUT2D eigenvalue weighted by molar-refractivity contribution is 6.28. The van der Waals surface area contributed by atoms with Crippen molar-refractivity contribution < 1.29 is 4.74 Å². The second-order valence-electron chi connectivity index (χ2n) is 3.67. The first-order valence-corrected chi connectivity index (χ1v) is 6.61. The van der Waals surface area contributed by atoms with Gasteiger partial charge >= 0.3 is 0 Å². The molecule has 0 amide bonds. The molecule has 0 aliphatic rings. The van der Waals surface area contributed by atoms with Crippen LogP contribution in [0.2, 0.25) is 5.28 Å². The van der Waals surface area contributed by atoms with Crippen LogP contribution in [-0.4, -0.2) is 41.3 Å². The zero-order valence-electron chi connectivity index (χ0n) is 10.9. The maximum absolute atomic E-state index is 5.80. The lowest BCUT2D eigenvalue weighted by Crippen LogP contribution is -2.11. The Morgan fingerprint density at radius 2 is 1.78 bits per heavy atom. The molecule has 1 aromatic rings. The van der Waals surface area contributed by atoms with Gasteiger partial charge in [0.05, 0.1) is 0 Å². The van der Waals surface area contributed by atoms with E-state index in [-0.39, 0.29) is 5.28 Å². The maximum atomic E-state index is 5.80. The fourth-order valence-electron chi connectivity index (χ4n) is 1.29. The van der Waals surface area contributed by atoms with Gasteiger partial charge in [-0.2, -0.15) is 15.0 Å². The van der Waals surface area contributed by atoms with Crippen LogP contribution in [0.1, 0.15) is 26.7 Å². The predicted octanol–water partition coefficient (Wildman–Crippen LogP) is 2.19. The summed E-state index contributed by atoms with van der Waals surface area (Å²) in [7, 11) is 0. The molecular weight excluding hydrogens is 254 g/mol. The zero-order valence-corrected chi connectivity index (χ0v) is 11.6. The van der Waals surface area contributed by atoms with Gasteiger partial charge in [0.1, 0.15) is 0 Å². The van der Waals surface area contributed by atoms with Gasteiger partial charge in [-0.3, -0.25) is 0 Å². The molecule has 0 aliphatic carbocycles. The van der Waals surface area contributed by atoms with Crippen molar-refractivity contribution in [3.63, 3.8) is 0 Å². The molecule has 0 aromatic carbocycles. The molecule has 1 aromatic heterocycles. The number of nitrogens with one attached hydrogen (secondary N) is 2. The Balaban J connectivity index is 2.32. The molecule has 0 spiro atoms. The fourth-order valence-corrected chi connectivity index (χ4v) is 1.45. The highest BCUT2D eigenvalue weighted by atomic mass is 35.5. The van der Waals surface area contributed by atoms with Gasteiger partial charge in [-0.25, -0.2) is 0 Å². The van der Waals surface area contributed by atoms with Crippen LogP contribution in [0.25, 0.3) is 0 Å². The molecule has 0 radical (unpaired) electrons. The summed E-state index contributed by atoms with van der Waals surface area (Å²) in [4.78, 5) is 12.1. The molecule has 1 rings (SSSR count).